The van der Waals surface area contributed by atoms with Crippen LogP contribution in [0.25, 0.3) is 22.2 Å². The number of para-hydroxylation sites is 1. The summed E-state index contributed by atoms with van der Waals surface area (Å²) in [5.41, 5.74) is 4.48. The van der Waals surface area contributed by atoms with Crippen molar-refractivity contribution in [3.63, 3.8) is 0 Å². The Morgan fingerprint density at radius 3 is 2.54 bits per heavy atom. The lowest BCUT2D eigenvalue weighted by Gasteiger charge is -2.33. The van der Waals surface area contributed by atoms with Crippen molar-refractivity contribution in [1.29, 1.82) is 0 Å². The molecule has 39 heavy (non-hydrogen) atoms. The number of carbonyl (C=O) groups excluding carboxylic acids is 2. The molecule has 1 amide bonds. The summed E-state index contributed by atoms with van der Waals surface area (Å²) < 4.78 is 10.7. The number of esters is 1. The number of methoxy groups -OCH3 is 1. The Kier molecular flexibility index (Phi) is 7.45. The number of nitrogens with one attached hydrogen (secondary N) is 1. The number of thiophene rings is 1. The van der Waals surface area contributed by atoms with Crippen LogP contribution in [0, 0.1) is 11.3 Å². The molecule has 4 aromatic rings. The number of fused-ring (bicyclic) bond motifs is 2. The van der Waals surface area contributed by atoms with E-state index in [-0.39, 0.29) is 23.9 Å². The molecule has 0 saturated carbocycles. The van der Waals surface area contributed by atoms with E-state index in [1.54, 1.807) is 14.0 Å². The fraction of sp³-hybridized carbons (Fsp3) is 0.344. The maximum atomic E-state index is 13.9. The van der Waals surface area contributed by atoms with Gasteiger partial charge in [0.05, 0.1) is 36.1 Å². The quantitative estimate of drug-likeness (QED) is 0.255. The highest BCUT2D eigenvalue weighted by molar-refractivity contribution is 7.17. The molecule has 0 aliphatic heterocycles. The Hall–Kier alpha value is -3.71. The molecular weight excluding hydrogens is 508 g/mol. The van der Waals surface area contributed by atoms with Crippen LogP contribution in [0.3, 0.4) is 0 Å². The lowest BCUT2D eigenvalue weighted by atomic mass is 9.72. The van der Waals surface area contributed by atoms with Crippen LogP contribution in [0.2, 0.25) is 0 Å². The summed E-state index contributed by atoms with van der Waals surface area (Å²) >= 11 is 1.51. The van der Waals surface area contributed by atoms with Gasteiger partial charge in [-0.25, -0.2) is 9.78 Å². The molecule has 0 saturated heterocycles. The minimum absolute atomic E-state index is 0.170. The summed E-state index contributed by atoms with van der Waals surface area (Å²) in [6.07, 6.45) is 2.70. The van der Waals surface area contributed by atoms with Crippen molar-refractivity contribution in [3.8, 4) is 17.0 Å². The van der Waals surface area contributed by atoms with E-state index in [1.165, 1.54) is 11.3 Å². The minimum atomic E-state index is -0.377. The van der Waals surface area contributed by atoms with E-state index < -0.39 is 0 Å². The second-order valence-corrected chi connectivity index (χ2v) is 12.1. The first kappa shape index (κ1) is 26.9. The molecule has 0 fully saturated rings. The van der Waals surface area contributed by atoms with E-state index >= 15 is 0 Å². The van der Waals surface area contributed by atoms with Gasteiger partial charge >= 0.3 is 5.97 Å². The van der Waals surface area contributed by atoms with Crippen molar-refractivity contribution in [2.24, 2.45) is 11.3 Å². The molecule has 2 aromatic carbocycles. The zero-order chi connectivity index (χ0) is 27.7. The fourth-order valence-electron chi connectivity index (χ4n) is 5.28. The van der Waals surface area contributed by atoms with Gasteiger partial charge in [-0.05, 0) is 79.5 Å². The van der Waals surface area contributed by atoms with Gasteiger partial charge in [0.1, 0.15) is 10.8 Å². The highest BCUT2D eigenvalue weighted by atomic mass is 32.1. The molecule has 2 aromatic heterocycles. The standard InChI is InChI=1S/C32H34N2O4S/c1-6-38-31(36)28-23-16-13-20(32(2,3)4)17-27(23)39-30(28)34-29(35)24-18-26(19-11-14-21(37-5)15-12-19)33-25-10-8-7-9-22(24)25/h7-12,14-15,18,20H,6,13,16-17H2,1-5H3,(H,34,35). The van der Waals surface area contributed by atoms with Gasteiger partial charge < -0.3 is 14.8 Å². The van der Waals surface area contributed by atoms with Crippen LogP contribution in [0.5, 0.6) is 5.75 Å². The summed E-state index contributed by atoms with van der Waals surface area (Å²) in [7, 11) is 1.63. The molecule has 1 N–H and O–H groups in total. The lowest BCUT2D eigenvalue weighted by Crippen LogP contribution is -2.26. The molecule has 0 spiro atoms. The van der Waals surface area contributed by atoms with Crippen molar-refractivity contribution >= 4 is 39.1 Å². The van der Waals surface area contributed by atoms with E-state index in [4.69, 9.17) is 14.5 Å². The van der Waals surface area contributed by atoms with E-state index in [0.29, 0.717) is 27.7 Å². The van der Waals surface area contributed by atoms with Crippen LogP contribution in [0.1, 0.15) is 65.3 Å². The van der Waals surface area contributed by atoms with Gasteiger partial charge in [-0.3, -0.25) is 4.79 Å². The average molecular weight is 543 g/mol. The Balaban J connectivity index is 1.55. The Labute approximate surface area is 233 Å². The van der Waals surface area contributed by atoms with Gasteiger partial charge in [-0.1, -0.05) is 39.0 Å². The van der Waals surface area contributed by atoms with Crippen LogP contribution >= 0.6 is 11.3 Å². The molecule has 1 aliphatic carbocycles. The third kappa shape index (κ3) is 5.41. The van der Waals surface area contributed by atoms with E-state index in [0.717, 1.165) is 51.9 Å². The van der Waals surface area contributed by atoms with Gasteiger partial charge in [0, 0.05) is 15.8 Å². The molecule has 6 nitrogen and oxygen atoms in total. The first-order valence-corrected chi connectivity index (χ1v) is 14.2. The largest absolute Gasteiger partial charge is 0.497 e. The summed E-state index contributed by atoms with van der Waals surface area (Å²) in [5, 5.41) is 4.41. The van der Waals surface area contributed by atoms with Crippen LogP contribution in [0.15, 0.2) is 54.6 Å². The molecular formula is C32H34N2O4S. The van der Waals surface area contributed by atoms with Crippen molar-refractivity contribution in [1.82, 2.24) is 4.98 Å². The second kappa shape index (κ2) is 10.8. The SMILES string of the molecule is CCOC(=O)c1c(NC(=O)c2cc(-c3ccc(OC)cc3)nc3ccccc23)sc2c1CCC(C(C)(C)C)C2. The van der Waals surface area contributed by atoms with E-state index in [2.05, 4.69) is 26.1 Å². The molecule has 1 aliphatic rings. The number of nitrogens with zero attached hydrogens (tertiary/aromatic N) is 1. The maximum absolute atomic E-state index is 13.9. The van der Waals surface area contributed by atoms with Crippen LogP contribution in [0.4, 0.5) is 5.00 Å². The number of anilines is 1. The molecule has 5 rings (SSSR count). The number of hydrogen-bond acceptors (Lipinski definition) is 6. The first-order valence-electron chi connectivity index (χ1n) is 13.4. The number of rotatable bonds is 6. The fourth-order valence-corrected chi connectivity index (χ4v) is 6.59. The molecule has 2 heterocycles. The maximum Gasteiger partial charge on any atom is 0.341 e. The normalized spacial score (nSPS) is 15.1. The first-order chi connectivity index (χ1) is 18.7. The summed E-state index contributed by atoms with van der Waals surface area (Å²) in [4.78, 5) is 33.0. The van der Waals surface area contributed by atoms with Gasteiger partial charge in [0.15, 0.2) is 0 Å². The topological polar surface area (TPSA) is 77.5 Å². The third-order valence-corrected chi connectivity index (χ3v) is 8.71. The van der Waals surface area contributed by atoms with Gasteiger partial charge in [-0.2, -0.15) is 0 Å². The Morgan fingerprint density at radius 2 is 1.85 bits per heavy atom. The molecule has 0 radical (unpaired) electrons. The third-order valence-electron chi connectivity index (χ3n) is 7.54. The predicted octanol–water partition coefficient (Wildman–Crippen LogP) is 7.55. The highest BCUT2D eigenvalue weighted by Gasteiger charge is 2.34. The number of pyridine rings is 1. The zero-order valence-corrected chi connectivity index (χ0v) is 23.9. The van der Waals surface area contributed by atoms with Crippen LogP contribution in [-0.4, -0.2) is 30.6 Å². The van der Waals surface area contributed by atoms with Gasteiger partial charge in [-0.15, -0.1) is 11.3 Å². The summed E-state index contributed by atoms with van der Waals surface area (Å²) in [6, 6.07) is 17.0. The molecule has 0 bridgehead atoms. The number of amides is 1. The van der Waals surface area contributed by atoms with Crippen molar-refractivity contribution in [3.05, 3.63) is 76.2 Å². The van der Waals surface area contributed by atoms with Gasteiger partial charge in [0.2, 0.25) is 0 Å². The lowest BCUT2D eigenvalue weighted by molar-refractivity contribution is 0.0526. The summed E-state index contributed by atoms with van der Waals surface area (Å²) in [5.74, 6) is 0.607. The van der Waals surface area contributed by atoms with Crippen molar-refractivity contribution < 1.29 is 19.1 Å². The highest BCUT2D eigenvalue weighted by Crippen LogP contribution is 2.44. The number of ether oxygens (including phenoxy) is 2. The number of aromatic nitrogens is 1. The Bertz CT molecular complexity index is 1530. The van der Waals surface area contributed by atoms with Crippen molar-refractivity contribution in [2.75, 3.05) is 19.0 Å². The minimum Gasteiger partial charge on any atom is -0.497 e. The average Bonchev–Trinajstić information content (AvgIpc) is 3.29. The predicted molar refractivity (Wildman–Crippen MR) is 157 cm³/mol. The van der Waals surface area contributed by atoms with Crippen LogP contribution in [-0.2, 0) is 17.6 Å². The number of benzene rings is 2. The Morgan fingerprint density at radius 1 is 1.10 bits per heavy atom. The zero-order valence-electron chi connectivity index (χ0n) is 23.1. The monoisotopic (exact) mass is 542 g/mol. The van der Waals surface area contributed by atoms with Crippen molar-refractivity contribution in [2.45, 2.75) is 47.0 Å². The number of carbonyl (C=O) groups is 2. The molecule has 202 valence electrons. The molecule has 7 heteroatoms. The van der Waals surface area contributed by atoms with Crippen LogP contribution < -0.4 is 10.1 Å². The smallest absolute Gasteiger partial charge is 0.341 e. The second-order valence-electron chi connectivity index (χ2n) is 11.0. The van der Waals surface area contributed by atoms with Gasteiger partial charge in [0.25, 0.3) is 5.91 Å². The number of hydrogen-bond donors (Lipinski definition) is 1. The molecule has 1 unspecified atom stereocenters. The van der Waals surface area contributed by atoms with E-state index in [1.807, 2.05) is 54.6 Å². The van der Waals surface area contributed by atoms with E-state index in [9.17, 15) is 9.59 Å². The summed E-state index contributed by atoms with van der Waals surface area (Å²) in [6.45, 7) is 8.87. The molecule has 1 atom stereocenters.